The lowest BCUT2D eigenvalue weighted by molar-refractivity contribution is 0.183. The Kier molecular flexibility index (Phi) is 5.30. The van der Waals surface area contributed by atoms with Crippen LogP contribution in [0.2, 0.25) is 0 Å². The molecule has 0 saturated carbocycles. The molecule has 122 valence electrons. The highest BCUT2D eigenvalue weighted by molar-refractivity contribution is 9.10. The van der Waals surface area contributed by atoms with Gasteiger partial charge in [-0.2, -0.15) is 0 Å². The molecule has 2 N–H and O–H groups in total. The van der Waals surface area contributed by atoms with Crippen LogP contribution in [0.15, 0.2) is 40.9 Å². The minimum Gasteiger partial charge on any atom is -0.395 e. The zero-order valence-electron chi connectivity index (χ0n) is 12.9. The SMILES string of the molecule is OCCN(Cc1cc(Br)ccc1F)Cc1cccc2c1NCC2. The van der Waals surface area contributed by atoms with Gasteiger partial charge < -0.3 is 10.4 Å². The fraction of sp³-hybridized carbons (Fsp3) is 0.333. The van der Waals surface area contributed by atoms with Crippen LogP contribution in [0.3, 0.4) is 0 Å². The largest absolute Gasteiger partial charge is 0.395 e. The predicted molar refractivity (Wildman–Crippen MR) is 93.9 cm³/mol. The number of aliphatic hydroxyl groups is 1. The normalized spacial score (nSPS) is 13.2. The van der Waals surface area contributed by atoms with Gasteiger partial charge >= 0.3 is 0 Å². The van der Waals surface area contributed by atoms with Crippen molar-refractivity contribution in [3.63, 3.8) is 0 Å². The summed E-state index contributed by atoms with van der Waals surface area (Å²) in [5.41, 5.74) is 4.36. The molecule has 0 unspecified atom stereocenters. The molecule has 3 nitrogen and oxygen atoms in total. The number of hydrogen-bond donors (Lipinski definition) is 2. The van der Waals surface area contributed by atoms with E-state index in [9.17, 15) is 9.50 Å². The molecule has 0 atom stereocenters. The smallest absolute Gasteiger partial charge is 0.127 e. The fourth-order valence-electron chi connectivity index (χ4n) is 3.04. The number of nitrogens with one attached hydrogen (secondary N) is 1. The first-order valence-electron chi connectivity index (χ1n) is 7.79. The van der Waals surface area contributed by atoms with Crippen LogP contribution in [0.5, 0.6) is 0 Å². The number of fused-ring (bicyclic) bond motifs is 1. The van der Waals surface area contributed by atoms with Crippen LogP contribution in [0, 0.1) is 5.82 Å². The summed E-state index contributed by atoms with van der Waals surface area (Å²) in [6.07, 6.45) is 1.05. The number of nitrogens with zero attached hydrogens (tertiary/aromatic N) is 1. The van der Waals surface area contributed by atoms with Crippen LogP contribution in [-0.4, -0.2) is 29.7 Å². The van der Waals surface area contributed by atoms with E-state index in [-0.39, 0.29) is 12.4 Å². The molecule has 2 aromatic rings. The topological polar surface area (TPSA) is 35.5 Å². The monoisotopic (exact) mass is 378 g/mol. The molecule has 0 radical (unpaired) electrons. The second-order valence-electron chi connectivity index (χ2n) is 5.80. The van der Waals surface area contributed by atoms with Gasteiger partial charge in [0.05, 0.1) is 6.61 Å². The van der Waals surface area contributed by atoms with E-state index in [2.05, 4.69) is 44.3 Å². The molecule has 0 fully saturated rings. The number of hydrogen-bond acceptors (Lipinski definition) is 3. The number of halogens is 2. The highest BCUT2D eigenvalue weighted by Gasteiger charge is 2.17. The lowest BCUT2D eigenvalue weighted by Crippen LogP contribution is -2.27. The van der Waals surface area contributed by atoms with Gasteiger partial charge in [0.15, 0.2) is 0 Å². The standard InChI is InChI=1S/C18H20BrFN2O/c19-16-4-5-17(20)15(10-16)12-22(8-9-23)11-14-3-1-2-13-6-7-21-18(13)14/h1-5,10,21,23H,6-9,11-12H2. The van der Waals surface area contributed by atoms with E-state index < -0.39 is 0 Å². The summed E-state index contributed by atoms with van der Waals surface area (Å²) >= 11 is 3.39. The molecule has 0 amide bonds. The van der Waals surface area contributed by atoms with Crippen molar-refractivity contribution < 1.29 is 9.50 Å². The van der Waals surface area contributed by atoms with Crippen molar-refractivity contribution in [3.8, 4) is 0 Å². The highest BCUT2D eigenvalue weighted by Crippen LogP contribution is 2.28. The maximum atomic E-state index is 14.0. The predicted octanol–water partition coefficient (Wildman–Crippen LogP) is 3.55. The molecule has 23 heavy (non-hydrogen) atoms. The van der Waals surface area contributed by atoms with Crippen LogP contribution >= 0.6 is 15.9 Å². The van der Waals surface area contributed by atoms with Crippen molar-refractivity contribution in [1.29, 1.82) is 0 Å². The Balaban J connectivity index is 1.80. The lowest BCUT2D eigenvalue weighted by Gasteiger charge is -2.23. The summed E-state index contributed by atoms with van der Waals surface area (Å²) in [7, 11) is 0. The fourth-order valence-corrected chi connectivity index (χ4v) is 3.45. The van der Waals surface area contributed by atoms with Gasteiger partial charge in [-0.1, -0.05) is 34.1 Å². The molecule has 1 aliphatic heterocycles. The van der Waals surface area contributed by atoms with Crippen LogP contribution in [0.1, 0.15) is 16.7 Å². The van der Waals surface area contributed by atoms with E-state index in [0.29, 0.717) is 25.2 Å². The van der Waals surface area contributed by atoms with Crippen molar-refractivity contribution in [3.05, 3.63) is 63.4 Å². The zero-order valence-corrected chi connectivity index (χ0v) is 14.4. The molecule has 0 spiro atoms. The van der Waals surface area contributed by atoms with Crippen molar-refractivity contribution >= 4 is 21.6 Å². The van der Waals surface area contributed by atoms with Crippen molar-refractivity contribution in [2.24, 2.45) is 0 Å². The quantitative estimate of drug-likeness (QED) is 0.806. The van der Waals surface area contributed by atoms with E-state index in [0.717, 1.165) is 17.4 Å². The van der Waals surface area contributed by atoms with E-state index >= 15 is 0 Å². The van der Waals surface area contributed by atoms with Gasteiger partial charge in [0, 0.05) is 41.9 Å². The molecular weight excluding hydrogens is 359 g/mol. The third-order valence-corrected chi connectivity index (χ3v) is 4.64. The van der Waals surface area contributed by atoms with Gasteiger partial charge in [0.2, 0.25) is 0 Å². The summed E-state index contributed by atoms with van der Waals surface area (Å²) in [5.74, 6) is -0.215. The number of benzene rings is 2. The van der Waals surface area contributed by atoms with Crippen molar-refractivity contribution in [2.45, 2.75) is 19.5 Å². The van der Waals surface area contributed by atoms with Gasteiger partial charge in [-0.25, -0.2) is 4.39 Å². The number of aliphatic hydroxyl groups excluding tert-OH is 1. The van der Waals surface area contributed by atoms with E-state index in [4.69, 9.17) is 0 Å². The molecule has 3 rings (SSSR count). The Labute approximate surface area is 144 Å². The number of para-hydroxylation sites is 1. The molecule has 1 aliphatic rings. The van der Waals surface area contributed by atoms with E-state index in [1.54, 1.807) is 12.1 Å². The maximum absolute atomic E-state index is 14.0. The molecule has 0 aliphatic carbocycles. The van der Waals surface area contributed by atoms with Crippen LogP contribution in [0.25, 0.3) is 0 Å². The Morgan fingerprint density at radius 1 is 1.17 bits per heavy atom. The van der Waals surface area contributed by atoms with Gasteiger partial charge in [0.25, 0.3) is 0 Å². The van der Waals surface area contributed by atoms with Crippen molar-refractivity contribution in [1.82, 2.24) is 4.90 Å². The summed E-state index contributed by atoms with van der Waals surface area (Å²) < 4.78 is 14.9. The summed E-state index contributed by atoms with van der Waals surface area (Å²) in [6, 6.07) is 11.3. The summed E-state index contributed by atoms with van der Waals surface area (Å²) in [5, 5.41) is 12.8. The highest BCUT2D eigenvalue weighted by atomic mass is 79.9. The van der Waals surface area contributed by atoms with Gasteiger partial charge in [-0.3, -0.25) is 4.90 Å². The van der Waals surface area contributed by atoms with Crippen LogP contribution in [0.4, 0.5) is 10.1 Å². The third-order valence-electron chi connectivity index (χ3n) is 4.15. The first-order valence-corrected chi connectivity index (χ1v) is 8.58. The number of anilines is 1. The molecule has 0 aromatic heterocycles. The molecular formula is C18H20BrFN2O. The Morgan fingerprint density at radius 2 is 2.00 bits per heavy atom. The van der Waals surface area contributed by atoms with E-state index in [1.807, 2.05) is 0 Å². The van der Waals surface area contributed by atoms with Crippen LogP contribution in [-0.2, 0) is 19.5 Å². The molecule has 0 saturated heterocycles. The number of rotatable bonds is 6. The minimum absolute atomic E-state index is 0.0536. The molecule has 2 aromatic carbocycles. The van der Waals surface area contributed by atoms with Crippen molar-refractivity contribution in [2.75, 3.05) is 25.0 Å². The maximum Gasteiger partial charge on any atom is 0.127 e. The Morgan fingerprint density at radius 3 is 2.83 bits per heavy atom. The Hall–Kier alpha value is -1.43. The lowest BCUT2D eigenvalue weighted by atomic mass is 10.1. The summed E-state index contributed by atoms with van der Waals surface area (Å²) in [6.45, 7) is 2.68. The average Bonchev–Trinajstić information content (AvgIpc) is 3.01. The molecule has 5 heteroatoms. The van der Waals surface area contributed by atoms with Gasteiger partial charge in [-0.15, -0.1) is 0 Å². The third kappa shape index (κ3) is 3.91. The second-order valence-corrected chi connectivity index (χ2v) is 6.71. The summed E-state index contributed by atoms with van der Waals surface area (Å²) in [4.78, 5) is 2.07. The molecule has 1 heterocycles. The van der Waals surface area contributed by atoms with Gasteiger partial charge in [0.1, 0.15) is 5.82 Å². The Bertz CT molecular complexity index is 693. The average molecular weight is 379 g/mol. The molecule has 0 bridgehead atoms. The first-order chi connectivity index (χ1) is 11.2. The minimum atomic E-state index is -0.215. The van der Waals surface area contributed by atoms with E-state index in [1.165, 1.54) is 22.9 Å². The zero-order chi connectivity index (χ0) is 16.2. The second kappa shape index (κ2) is 7.43. The van der Waals surface area contributed by atoms with Gasteiger partial charge in [-0.05, 0) is 35.7 Å². The van der Waals surface area contributed by atoms with Crippen LogP contribution < -0.4 is 5.32 Å². The first kappa shape index (κ1) is 16.4.